The lowest BCUT2D eigenvalue weighted by molar-refractivity contribution is -0.356. The van der Waals surface area contributed by atoms with Crippen molar-refractivity contribution in [3.05, 3.63) is 75.4 Å². The third-order valence-electron chi connectivity index (χ3n) is 4.00. The molecule has 2 aromatic rings. The number of aromatic nitrogens is 1. The topological polar surface area (TPSA) is 7.94 Å². The summed E-state index contributed by atoms with van der Waals surface area (Å²) in [5.74, 6) is -0.583. The van der Waals surface area contributed by atoms with Crippen molar-refractivity contribution in [1.82, 2.24) is 4.48 Å². The average molecular weight is 355 g/mol. The van der Waals surface area contributed by atoms with E-state index in [2.05, 4.69) is 0 Å². The number of benzene rings is 1. The minimum Gasteiger partial charge on any atom is -0.396 e. The first-order valence-electron chi connectivity index (χ1n) is 6.80. The van der Waals surface area contributed by atoms with Gasteiger partial charge in [-0.3, -0.25) is 0 Å². The van der Waals surface area contributed by atoms with Gasteiger partial charge < -0.3 is 17.6 Å². The number of hydrogen-bond acceptors (Lipinski definition) is 0. The van der Waals surface area contributed by atoms with Crippen LogP contribution in [-0.2, 0) is 0 Å². The number of rotatable bonds is 1. The molecule has 0 fully saturated rings. The molecule has 4 rings (SSSR count). The summed E-state index contributed by atoms with van der Waals surface area (Å²) in [5.41, 5.74) is 1.36. The summed E-state index contributed by atoms with van der Waals surface area (Å²) < 4.78 is 44.6. The van der Waals surface area contributed by atoms with E-state index in [1.54, 1.807) is 12.1 Å². The molecule has 3 heterocycles. The van der Waals surface area contributed by atoms with Crippen LogP contribution in [0.4, 0.5) is 13.0 Å². The van der Waals surface area contributed by atoms with Gasteiger partial charge in [0, 0.05) is 23.4 Å². The maximum atomic E-state index is 14.7. The normalized spacial score (nSPS) is 18.0. The second-order valence-electron chi connectivity index (χ2n) is 5.31. The fraction of sp³-hybridized carbons (Fsp3) is 0. The molecular formula is C15H8BCl2F3N2. The van der Waals surface area contributed by atoms with E-state index in [4.69, 9.17) is 23.2 Å². The van der Waals surface area contributed by atoms with Crippen molar-refractivity contribution >= 4 is 42.0 Å². The molecule has 0 radical (unpaired) electrons. The van der Waals surface area contributed by atoms with Crippen LogP contribution in [0.15, 0.2) is 48.3 Å². The van der Waals surface area contributed by atoms with E-state index in [0.29, 0.717) is 11.1 Å². The van der Waals surface area contributed by atoms with Gasteiger partial charge in [0.05, 0.1) is 15.6 Å². The molecule has 23 heavy (non-hydrogen) atoms. The predicted molar refractivity (Wildman–Crippen MR) is 85.7 cm³/mol. The lowest BCUT2D eigenvalue weighted by atomic mass is 9.86. The van der Waals surface area contributed by atoms with Crippen molar-refractivity contribution in [3.8, 4) is 0 Å². The first-order chi connectivity index (χ1) is 10.9. The Balaban J connectivity index is 2.10. The van der Waals surface area contributed by atoms with Gasteiger partial charge >= 0.3 is 6.97 Å². The van der Waals surface area contributed by atoms with Crippen LogP contribution >= 0.6 is 23.2 Å². The van der Waals surface area contributed by atoms with Crippen molar-refractivity contribution in [2.24, 2.45) is 0 Å². The van der Waals surface area contributed by atoms with Gasteiger partial charge in [0.2, 0.25) is 0 Å². The summed E-state index contributed by atoms with van der Waals surface area (Å²) in [7, 11) is 0. The van der Waals surface area contributed by atoms with Crippen LogP contribution in [0.25, 0.3) is 5.57 Å². The second kappa shape index (κ2) is 4.79. The van der Waals surface area contributed by atoms with E-state index in [1.807, 2.05) is 0 Å². The molecule has 0 bridgehead atoms. The van der Waals surface area contributed by atoms with Crippen LogP contribution in [0, 0.1) is 5.82 Å². The zero-order valence-corrected chi connectivity index (χ0v) is 13.0. The van der Waals surface area contributed by atoms with Gasteiger partial charge in [-0.2, -0.15) is 0 Å². The minimum atomic E-state index is -3.99. The highest BCUT2D eigenvalue weighted by molar-refractivity contribution is 6.57. The molecular weight excluding hydrogens is 347 g/mol. The maximum Gasteiger partial charge on any atom is 0.737 e. The molecule has 116 valence electrons. The molecule has 1 aromatic heterocycles. The van der Waals surface area contributed by atoms with Crippen molar-refractivity contribution in [3.63, 3.8) is 0 Å². The molecule has 0 saturated heterocycles. The SMILES string of the molecule is Fc1cc(Cl)c(C2=C3C=CC=[N+]3[B-](F)(F)n3cccc32)c(Cl)c1. The van der Waals surface area contributed by atoms with Gasteiger partial charge in [0.15, 0.2) is 5.70 Å². The molecule has 2 aliphatic rings. The molecule has 8 heteroatoms. The fourth-order valence-corrected chi connectivity index (χ4v) is 3.71. The van der Waals surface area contributed by atoms with Gasteiger partial charge in [0.1, 0.15) is 12.0 Å². The highest BCUT2D eigenvalue weighted by Gasteiger charge is 2.51. The number of allylic oxidation sites excluding steroid dienone is 2. The van der Waals surface area contributed by atoms with Gasteiger partial charge in [-0.25, -0.2) is 4.39 Å². The van der Waals surface area contributed by atoms with Crippen LogP contribution in [0.3, 0.4) is 0 Å². The van der Waals surface area contributed by atoms with Gasteiger partial charge in [0.25, 0.3) is 0 Å². The van der Waals surface area contributed by atoms with Crippen molar-refractivity contribution < 1.29 is 17.5 Å². The summed E-state index contributed by atoms with van der Waals surface area (Å²) in [5, 5.41) is 0.145. The fourth-order valence-electron chi connectivity index (χ4n) is 3.06. The van der Waals surface area contributed by atoms with E-state index in [1.165, 1.54) is 24.6 Å². The standard InChI is InChI=1S/C15H8BCl2F3N2/c17-10-7-9(19)8-11(18)14(10)15-12-3-1-5-22(12)16(20,21)23-6-2-4-13(15)23/h1-8H. The predicted octanol–water partition coefficient (Wildman–Crippen LogP) is 4.58. The van der Waals surface area contributed by atoms with Gasteiger partial charge in [-0.15, -0.1) is 0 Å². The summed E-state index contributed by atoms with van der Waals surface area (Å²) in [6.07, 6.45) is 5.72. The largest absolute Gasteiger partial charge is 0.737 e. The zero-order chi connectivity index (χ0) is 16.4. The van der Waals surface area contributed by atoms with Gasteiger partial charge in [-0.1, -0.05) is 23.2 Å². The minimum absolute atomic E-state index is 0.0724. The third-order valence-corrected chi connectivity index (χ3v) is 4.59. The van der Waals surface area contributed by atoms with E-state index < -0.39 is 12.8 Å². The Hall–Kier alpha value is -1.92. The van der Waals surface area contributed by atoms with Crippen molar-refractivity contribution in [2.75, 3.05) is 0 Å². The first-order valence-corrected chi connectivity index (χ1v) is 7.55. The molecule has 0 spiro atoms. The Morgan fingerprint density at radius 1 is 1.13 bits per heavy atom. The van der Waals surface area contributed by atoms with E-state index >= 15 is 0 Å². The van der Waals surface area contributed by atoms with E-state index in [9.17, 15) is 13.0 Å². The molecule has 0 amide bonds. The highest BCUT2D eigenvalue weighted by Crippen LogP contribution is 2.43. The molecule has 1 aromatic carbocycles. The Bertz CT molecular complexity index is 921. The van der Waals surface area contributed by atoms with Crippen LogP contribution in [0.1, 0.15) is 11.3 Å². The highest BCUT2D eigenvalue weighted by atomic mass is 35.5. The summed E-state index contributed by atoms with van der Waals surface area (Å²) in [6.45, 7) is -3.99. The average Bonchev–Trinajstić information content (AvgIpc) is 3.11. The van der Waals surface area contributed by atoms with Crippen LogP contribution in [0.5, 0.6) is 0 Å². The smallest absolute Gasteiger partial charge is 0.396 e. The Morgan fingerprint density at radius 3 is 2.52 bits per heavy atom. The maximum absolute atomic E-state index is 14.7. The summed E-state index contributed by atoms with van der Waals surface area (Å²) in [6, 6.07) is 5.34. The Kier molecular flexibility index (Phi) is 3.05. The quantitative estimate of drug-likeness (QED) is 0.662. The van der Waals surface area contributed by atoms with Crippen LogP contribution < -0.4 is 0 Å². The molecule has 0 aliphatic carbocycles. The third kappa shape index (κ3) is 1.95. The monoisotopic (exact) mass is 354 g/mol. The van der Waals surface area contributed by atoms with Crippen LogP contribution in [-0.4, -0.2) is 22.1 Å². The Labute approximate surface area is 139 Å². The molecule has 0 N–H and O–H groups in total. The second-order valence-corrected chi connectivity index (χ2v) is 6.12. The lowest BCUT2D eigenvalue weighted by Crippen LogP contribution is -2.49. The zero-order valence-electron chi connectivity index (χ0n) is 11.5. The first kappa shape index (κ1) is 14.7. The van der Waals surface area contributed by atoms with Crippen molar-refractivity contribution in [1.29, 1.82) is 0 Å². The number of halogens is 5. The number of nitrogens with zero attached hydrogens (tertiary/aromatic N) is 2. The van der Waals surface area contributed by atoms with E-state index in [-0.39, 0.29) is 21.4 Å². The van der Waals surface area contributed by atoms with Crippen LogP contribution in [0.2, 0.25) is 10.0 Å². The molecule has 0 atom stereocenters. The number of hydrogen-bond donors (Lipinski definition) is 0. The Morgan fingerprint density at radius 2 is 1.83 bits per heavy atom. The van der Waals surface area contributed by atoms with Gasteiger partial charge in [-0.05, 0) is 30.5 Å². The molecule has 0 unspecified atom stereocenters. The lowest BCUT2D eigenvalue weighted by Gasteiger charge is -2.31. The molecule has 2 aliphatic heterocycles. The van der Waals surface area contributed by atoms with Crippen molar-refractivity contribution in [2.45, 2.75) is 0 Å². The summed E-state index contributed by atoms with van der Waals surface area (Å²) in [4.78, 5) is 0. The van der Waals surface area contributed by atoms with E-state index in [0.717, 1.165) is 21.1 Å². The number of fused-ring (bicyclic) bond motifs is 2. The summed E-state index contributed by atoms with van der Waals surface area (Å²) >= 11 is 12.3. The molecule has 0 saturated carbocycles. The molecule has 2 nitrogen and oxygen atoms in total.